The Kier molecular flexibility index (Phi) is 5.89. The Bertz CT molecular complexity index is 795. The fourth-order valence-electron chi connectivity index (χ4n) is 3.23. The quantitative estimate of drug-likeness (QED) is 0.825. The Morgan fingerprint density at radius 3 is 2.73 bits per heavy atom. The Morgan fingerprint density at radius 1 is 1.19 bits per heavy atom. The van der Waals surface area contributed by atoms with E-state index in [1.54, 1.807) is 26.4 Å². The van der Waals surface area contributed by atoms with Crippen LogP contribution in [0.3, 0.4) is 0 Å². The van der Waals surface area contributed by atoms with Gasteiger partial charge >= 0.3 is 0 Å². The number of fused-ring (bicyclic) bond motifs is 1. The van der Waals surface area contributed by atoms with E-state index >= 15 is 0 Å². The lowest BCUT2D eigenvalue weighted by atomic mass is 10.0. The molecule has 6 heteroatoms. The molecule has 3 rings (SSSR count). The number of para-hydroxylation sites is 1. The van der Waals surface area contributed by atoms with Gasteiger partial charge in [-0.3, -0.25) is 4.79 Å². The van der Waals surface area contributed by atoms with Crippen molar-refractivity contribution in [3.05, 3.63) is 47.0 Å². The molecule has 0 aliphatic carbocycles. The van der Waals surface area contributed by atoms with Gasteiger partial charge in [0.05, 0.1) is 24.9 Å². The van der Waals surface area contributed by atoms with Gasteiger partial charge in [-0.2, -0.15) is 0 Å². The van der Waals surface area contributed by atoms with Crippen LogP contribution in [0.25, 0.3) is 0 Å². The van der Waals surface area contributed by atoms with Crippen LogP contribution in [0.15, 0.2) is 36.4 Å². The second-order valence-corrected chi connectivity index (χ2v) is 6.55. The fraction of sp³-hybridized carbons (Fsp3) is 0.350. The molecule has 1 heterocycles. The number of halogens is 1. The van der Waals surface area contributed by atoms with Crippen molar-refractivity contribution in [2.24, 2.45) is 0 Å². The lowest BCUT2D eigenvalue weighted by Crippen LogP contribution is -2.36. The third-order valence-electron chi connectivity index (χ3n) is 4.54. The molecule has 26 heavy (non-hydrogen) atoms. The van der Waals surface area contributed by atoms with E-state index in [1.807, 2.05) is 23.1 Å². The molecular formula is C20H23ClN2O3. The summed E-state index contributed by atoms with van der Waals surface area (Å²) >= 11 is 6.12. The third kappa shape index (κ3) is 3.88. The van der Waals surface area contributed by atoms with Gasteiger partial charge in [0.1, 0.15) is 11.5 Å². The summed E-state index contributed by atoms with van der Waals surface area (Å²) in [6, 6.07) is 11.6. The number of anilines is 2. The molecule has 0 unspecified atom stereocenters. The number of carbonyl (C=O) groups excluding carboxylic acids is 1. The minimum Gasteiger partial charge on any atom is -0.495 e. The van der Waals surface area contributed by atoms with Crippen LogP contribution in [-0.2, 0) is 11.2 Å². The molecule has 0 saturated heterocycles. The van der Waals surface area contributed by atoms with E-state index in [1.165, 1.54) is 5.56 Å². The highest BCUT2D eigenvalue weighted by atomic mass is 35.5. The molecule has 0 atom stereocenters. The van der Waals surface area contributed by atoms with Crippen LogP contribution < -0.4 is 19.7 Å². The van der Waals surface area contributed by atoms with Crippen LogP contribution in [0.4, 0.5) is 11.4 Å². The van der Waals surface area contributed by atoms with Gasteiger partial charge in [-0.25, -0.2) is 0 Å². The summed E-state index contributed by atoms with van der Waals surface area (Å²) in [5, 5.41) is 3.73. The number of hydrogen-bond acceptors (Lipinski definition) is 4. The number of hydrogen-bond donors (Lipinski definition) is 1. The number of methoxy groups -OCH3 is 2. The molecule has 1 amide bonds. The first kappa shape index (κ1) is 18.4. The predicted molar refractivity (Wildman–Crippen MR) is 105 cm³/mol. The first-order valence-corrected chi connectivity index (χ1v) is 9.05. The van der Waals surface area contributed by atoms with Crippen molar-refractivity contribution in [2.75, 3.05) is 37.5 Å². The zero-order valence-electron chi connectivity index (χ0n) is 15.0. The summed E-state index contributed by atoms with van der Waals surface area (Å²) in [5.74, 6) is 1.29. The van der Waals surface area contributed by atoms with E-state index in [-0.39, 0.29) is 5.91 Å². The molecule has 0 bridgehead atoms. The molecule has 5 nitrogen and oxygen atoms in total. The lowest BCUT2D eigenvalue weighted by Gasteiger charge is -2.29. The number of aryl methyl sites for hydroxylation is 1. The fourth-order valence-corrected chi connectivity index (χ4v) is 3.46. The van der Waals surface area contributed by atoms with E-state index in [4.69, 9.17) is 21.1 Å². The van der Waals surface area contributed by atoms with Gasteiger partial charge in [0.2, 0.25) is 5.91 Å². The summed E-state index contributed by atoms with van der Waals surface area (Å²) in [4.78, 5) is 14.6. The molecule has 138 valence electrons. The van der Waals surface area contributed by atoms with Gasteiger partial charge in [-0.1, -0.05) is 29.8 Å². The number of amides is 1. The van der Waals surface area contributed by atoms with Gasteiger partial charge in [-0.05, 0) is 24.5 Å². The first-order chi connectivity index (χ1) is 12.6. The second kappa shape index (κ2) is 8.32. The van der Waals surface area contributed by atoms with Crippen LogP contribution >= 0.6 is 11.6 Å². The average Bonchev–Trinajstić information content (AvgIpc) is 2.68. The Morgan fingerprint density at radius 2 is 1.96 bits per heavy atom. The minimum absolute atomic E-state index is 0.115. The van der Waals surface area contributed by atoms with Crippen LogP contribution in [0.2, 0.25) is 5.02 Å². The molecule has 0 aromatic heterocycles. The number of benzene rings is 2. The smallest absolute Gasteiger partial charge is 0.228 e. The standard InChI is InChI=1S/C20H23ClN2O3/c1-25-18-13-16(19(26-2)12-15(18)21)22-10-9-20(24)23-11-5-7-14-6-3-4-8-17(14)23/h3-4,6,8,12-13,22H,5,7,9-11H2,1-2H3. The molecule has 1 aliphatic rings. The maximum atomic E-state index is 12.7. The van der Waals surface area contributed by atoms with Crippen molar-refractivity contribution in [1.29, 1.82) is 0 Å². The largest absolute Gasteiger partial charge is 0.495 e. The van der Waals surface area contributed by atoms with Crippen LogP contribution in [-0.4, -0.2) is 33.2 Å². The number of carbonyl (C=O) groups is 1. The third-order valence-corrected chi connectivity index (χ3v) is 4.83. The van der Waals surface area contributed by atoms with Crippen molar-refractivity contribution in [3.63, 3.8) is 0 Å². The normalized spacial score (nSPS) is 13.1. The number of rotatable bonds is 6. The highest BCUT2D eigenvalue weighted by Crippen LogP contribution is 2.36. The maximum absolute atomic E-state index is 12.7. The zero-order valence-corrected chi connectivity index (χ0v) is 15.8. The summed E-state index contributed by atoms with van der Waals surface area (Å²) < 4.78 is 10.6. The summed E-state index contributed by atoms with van der Waals surface area (Å²) in [6.07, 6.45) is 2.42. The van der Waals surface area contributed by atoms with E-state index in [2.05, 4.69) is 11.4 Å². The molecule has 0 spiro atoms. The molecular weight excluding hydrogens is 352 g/mol. The number of nitrogens with one attached hydrogen (secondary N) is 1. The summed E-state index contributed by atoms with van der Waals surface area (Å²) in [6.45, 7) is 1.27. The Balaban J connectivity index is 1.65. The van der Waals surface area contributed by atoms with Crippen LogP contribution in [0.5, 0.6) is 11.5 Å². The van der Waals surface area contributed by atoms with Gasteiger partial charge in [0, 0.05) is 37.3 Å². The highest BCUT2D eigenvalue weighted by molar-refractivity contribution is 6.32. The Labute approximate surface area is 158 Å². The van der Waals surface area contributed by atoms with E-state index < -0.39 is 0 Å². The van der Waals surface area contributed by atoms with Crippen molar-refractivity contribution in [1.82, 2.24) is 0 Å². The molecule has 0 fully saturated rings. The maximum Gasteiger partial charge on any atom is 0.228 e. The minimum atomic E-state index is 0.115. The lowest BCUT2D eigenvalue weighted by molar-refractivity contribution is -0.118. The average molecular weight is 375 g/mol. The van der Waals surface area contributed by atoms with Crippen molar-refractivity contribution in [2.45, 2.75) is 19.3 Å². The second-order valence-electron chi connectivity index (χ2n) is 6.14. The van der Waals surface area contributed by atoms with E-state index in [0.29, 0.717) is 29.5 Å². The zero-order chi connectivity index (χ0) is 18.5. The molecule has 2 aromatic carbocycles. The summed E-state index contributed by atoms with van der Waals surface area (Å²) in [5.41, 5.74) is 3.03. The van der Waals surface area contributed by atoms with Gasteiger partial charge in [0.15, 0.2) is 0 Å². The molecule has 0 radical (unpaired) electrons. The van der Waals surface area contributed by atoms with Crippen molar-refractivity contribution >= 4 is 28.9 Å². The van der Waals surface area contributed by atoms with Gasteiger partial charge < -0.3 is 19.7 Å². The van der Waals surface area contributed by atoms with Gasteiger partial charge in [-0.15, -0.1) is 0 Å². The van der Waals surface area contributed by atoms with E-state index in [0.717, 1.165) is 30.8 Å². The van der Waals surface area contributed by atoms with E-state index in [9.17, 15) is 4.79 Å². The van der Waals surface area contributed by atoms with Crippen molar-refractivity contribution in [3.8, 4) is 11.5 Å². The van der Waals surface area contributed by atoms with Gasteiger partial charge in [0.25, 0.3) is 0 Å². The van der Waals surface area contributed by atoms with Crippen LogP contribution in [0.1, 0.15) is 18.4 Å². The topological polar surface area (TPSA) is 50.8 Å². The monoisotopic (exact) mass is 374 g/mol. The molecule has 1 aliphatic heterocycles. The van der Waals surface area contributed by atoms with Crippen LogP contribution in [0, 0.1) is 0 Å². The highest BCUT2D eigenvalue weighted by Gasteiger charge is 2.21. The van der Waals surface area contributed by atoms with Crippen molar-refractivity contribution < 1.29 is 14.3 Å². The molecule has 0 saturated carbocycles. The SMILES string of the molecule is COc1cc(NCCC(=O)N2CCCc3ccccc32)c(OC)cc1Cl. The number of nitrogens with zero attached hydrogens (tertiary/aromatic N) is 1. The first-order valence-electron chi connectivity index (χ1n) is 8.67. The Hall–Kier alpha value is -2.40. The summed E-state index contributed by atoms with van der Waals surface area (Å²) in [7, 11) is 3.15. The predicted octanol–water partition coefficient (Wildman–Crippen LogP) is 4.14. The number of ether oxygens (including phenoxy) is 2. The molecule has 2 aromatic rings. The molecule has 1 N–H and O–H groups in total.